The highest BCUT2D eigenvalue weighted by atomic mass is 16.5. The van der Waals surface area contributed by atoms with Gasteiger partial charge in [0.15, 0.2) is 0 Å². The van der Waals surface area contributed by atoms with Crippen molar-refractivity contribution < 1.29 is 29.5 Å². The minimum atomic E-state index is -0.502. The predicted molar refractivity (Wildman–Crippen MR) is 71.0 cm³/mol. The van der Waals surface area contributed by atoms with Gasteiger partial charge >= 0.3 is 0 Å². The van der Waals surface area contributed by atoms with E-state index in [-0.39, 0.29) is 25.7 Å². The van der Waals surface area contributed by atoms with Gasteiger partial charge in [0.05, 0.1) is 58.0 Å². The number of ether oxygens (including phenoxy) is 3. The Balaban J connectivity index is 3.85. The first-order chi connectivity index (χ1) is 8.91. The molecule has 0 saturated heterocycles. The number of aliphatic hydroxyl groups excluding tert-OH is 3. The van der Waals surface area contributed by atoms with Gasteiger partial charge in [-0.15, -0.1) is 0 Å². The van der Waals surface area contributed by atoms with Crippen molar-refractivity contribution in [3.05, 3.63) is 0 Å². The Morgan fingerprint density at radius 1 is 0.579 bits per heavy atom. The highest BCUT2D eigenvalue weighted by Crippen LogP contribution is 2.02. The van der Waals surface area contributed by atoms with Crippen LogP contribution in [0.2, 0.25) is 0 Å². The molecule has 0 bridgehead atoms. The summed E-state index contributed by atoms with van der Waals surface area (Å²) >= 11 is 0. The third kappa shape index (κ3) is 14.0. The van der Waals surface area contributed by atoms with Gasteiger partial charge in [-0.2, -0.15) is 0 Å². The Kier molecular flexibility index (Phi) is 11.4. The Hall–Kier alpha value is -0.240. The topological polar surface area (TPSA) is 88.4 Å². The summed E-state index contributed by atoms with van der Waals surface area (Å²) < 4.78 is 16.0. The second kappa shape index (κ2) is 11.6. The maximum Gasteiger partial charge on any atom is 0.0745 e. The predicted octanol–water partition coefficient (Wildman–Crippen LogP) is -0.205. The van der Waals surface area contributed by atoms with Gasteiger partial charge in [-0.1, -0.05) is 0 Å². The van der Waals surface area contributed by atoms with E-state index >= 15 is 0 Å². The van der Waals surface area contributed by atoms with Crippen molar-refractivity contribution in [3.8, 4) is 0 Å². The van der Waals surface area contributed by atoms with Gasteiger partial charge in [-0.25, -0.2) is 0 Å². The highest BCUT2D eigenvalue weighted by Gasteiger charge is 2.12. The molecule has 6 nitrogen and oxygen atoms in total. The first-order valence-corrected chi connectivity index (χ1v) is 6.69. The second-order valence-electron chi connectivity index (χ2n) is 5.03. The summed E-state index contributed by atoms with van der Waals surface area (Å²) in [5.74, 6) is 0.0104. The number of hydrogen-bond donors (Lipinski definition) is 3. The molecule has 0 aromatic rings. The van der Waals surface area contributed by atoms with Gasteiger partial charge in [0.2, 0.25) is 0 Å². The van der Waals surface area contributed by atoms with Gasteiger partial charge in [0.1, 0.15) is 0 Å². The molecule has 0 spiro atoms. The fourth-order valence-corrected chi connectivity index (χ4v) is 1.36. The van der Waals surface area contributed by atoms with E-state index < -0.39 is 18.3 Å². The minimum Gasteiger partial charge on any atom is -0.391 e. The lowest BCUT2D eigenvalue weighted by molar-refractivity contribution is -0.0456. The zero-order valence-corrected chi connectivity index (χ0v) is 12.1. The van der Waals surface area contributed by atoms with Crippen molar-refractivity contribution in [1.29, 1.82) is 0 Å². The molecule has 0 aliphatic carbocycles. The number of rotatable bonds is 12. The van der Waals surface area contributed by atoms with Crippen LogP contribution in [-0.4, -0.2) is 73.3 Å². The molecule has 0 radical (unpaired) electrons. The van der Waals surface area contributed by atoms with Crippen LogP contribution in [0, 0.1) is 5.92 Å². The molecule has 116 valence electrons. The summed E-state index contributed by atoms with van der Waals surface area (Å²) in [4.78, 5) is 0. The summed E-state index contributed by atoms with van der Waals surface area (Å²) in [5, 5.41) is 27.3. The van der Waals surface area contributed by atoms with Crippen molar-refractivity contribution in [3.63, 3.8) is 0 Å². The average Bonchev–Trinajstić information content (AvgIpc) is 2.26. The van der Waals surface area contributed by atoms with Gasteiger partial charge in [0, 0.05) is 5.92 Å². The lowest BCUT2D eigenvalue weighted by Gasteiger charge is -2.19. The van der Waals surface area contributed by atoms with Crippen LogP contribution in [-0.2, 0) is 14.2 Å². The normalized spacial score (nSPS) is 18.0. The Morgan fingerprint density at radius 3 is 1.05 bits per heavy atom. The fraction of sp³-hybridized carbons (Fsp3) is 1.00. The van der Waals surface area contributed by atoms with Crippen LogP contribution in [0.3, 0.4) is 0 Å². The van der Waals surface area contributed by atoms with E-state index in [1.807, 2.05) is 0 Å². The van der Waals surface area contributed by atoms with E-state index in [9.17, 15) is 0 Å². The quantitative estimate of drug-likeness (QED) is 0.459. The summed E-state index contributed by atoms with van der Waals surface area (Å²) in [7, 11) is 0. The Labute approximate surface area is 115 Å². The second-order valence-corrected chi connectivity index (χ2v) is 5.03. The first kappa shape index (κ1) is 18.8. The molecule has 0 saturated carbocycles. The van der Waals surface area contributed by atoms with Crippen LogP contribution in [0.25, 0.3) is 0 Å². The zero-order chi connectivity index (χ0) is 14.7. The first-order valence-electron chi connectivity index (χ1n) is 6.69. The highest BCUT2D eigenvalue weighted by molar-refractivity contribution is 4.58. The molecule has 0 aliphatic rings. The van der Waals surface area contributed by atoms with E-state index in [1.165, 1.54) is 0 Å². The van der Waals surface area contributed by atoms with Crippen LogP contribution in [0.15, 0.2) is 0 Å². The van der Waals surface area contributed by atoms with Gasteiger partial charge in [0.25, 0.3) is 0 Å². The zero-order valence-electron chi connectivity index (χ0n) is 12.1. The lowest BCUT2D eigenvalue weighted by Crippen LogP contribution is -2.26. The maximum atomic E-state index is 9.11. The smallest absolute Gasteiger partial charge is 0.0745 e. The van der Waals surface area contributed by atoms with Crippen LogP contribution in [0.5, 0.6) is 0 Å². The van der Waals surface area contributed by atoms with E-state index in [0.717, 1.165) is 0 Å². The van der Waals surface area contributed by atoms with Gasteiger partial charge in [-0.05, 0) is 20.8 Å². The summed E-state index contributed by atoms with van der Waals surface area (Å²) in [5.41, 5.74) is 0. The van der Waals surface area contributed by atoms with Gasteiger partial charge in [-0.3, -0.25) is 0 Å². The molecule has 3 atom stereocenters. The average molecular weight is 280 g/mol. The SMILES string of the molecule is CC(O)COCC(COCC(C)O)COCC(C)O. The molecule has 0 amide bonds. The van der Waals surface area contributed by atoms with E-state index in [2.05, 4.69) is 0 Å². The monoisotopic (exact) mass is 280 g/mol. The molecule has 3 unspecified atom stereocenters. The molecule has 3 N–H and O–H groups in total. The van der Waals surface area contributed by atoms with Crippen LogP contribution in [0.4, 0.5) is 0 Å². The summed E-state index contributed by atoms with van der Waals surface area (Å²) in [6, 6.07) is 0. The lowest BCUT2D eigenvalue weighted by atomic mass is 10.2. The molecule has 6 heteroatoms. The third-order valence-corrected chi connectivity index (χ3v) is 2.14. The fourth-order valence-electron chi connectivity index (χ4n) is 1.36. The van der Waals surface area contributed by atoms with Crippen molar-refractivity contribution in [2.24, 2.45) is 5.92 Å². The van der Waals surface area contributed by atoms with E-state index in [1.54, 1.807) is 20.8 Å². The largest absolute Gasteiger partial charge is 0.391 e. The maximum absolute atomic E-state index is 9.11. The third-order valence-electron chi connectivity index (χ3n) is 2.14. The molecule has 0 aromatic carbocycles. The molecule has 19 heavy (non-hydrogen) atoms. The van der Waals surface area contributed by atoms with E-state index in [0.29, 0.717) is 19.8 Å². The Bertz CT molecular complexity index is 162. The minimum absolute atomic E-state index is 0.0104. The van der Waals surface area contributed by atoms with Crippen molar-refractivity contribution in [2.45, 2.75) is 39.1 Å². The molecule has 0 aromatic heterocycles. The molecule has 0 rings (SSSR count). The molecule has 0 fully saturated rings. The van der Waals surface area contributed by atoms with Gasteiger partial charge < -0.3 is 29.5 Å². The summed E-state index contributed by atoms with van der Waals surface area (Å²) in [6.07, 6.45) is -1.51. The standard InChI is InChI=1S/C13H28O6/c1-10(14)4-17-7-13(8-18-5-11(2)15)9-19-6-12(3)16/h10-16H,4-9H2,1-3H3. The Morgan fingerprint density at radius 2 is 0.842 bits per heavy atom. The molecule has 0 aliphatic heterocycles. The number of hydrogen-bond acceptors (Lipinski definition) is 6. The van der Waals surface area contributed by atoms with E-state index in [4.69, 9.17) is 29.5 Å². The summed E-state index contributed by atoms with van der Waals surface area (Å²) in [6.45, 7) is 6.99. The molecular formula is C13H28O6. The van der Waals surface area contributed by atoms with Crippen molar-refractivity contribution >= 4 is 0 Å². The van der Waals surface area contributed by atoms with Crippen LogP contribution < -0.4 is 0 Å². The molecular weight excluding hydrogens is 252 g/mol. The number of aliphatic hydroxyl groups is 3. The van der Waals surface area contributed by atoms with Crippen molar-refractivity contribution in [1.82, 2.24) is 0 Å². The van der Waals surface area contributed by atoms with Crippen molar-refractivity contribution in [2.75, 3.05) is 39.6 Å². The molecule has 0 heterocycles. The van der Waals surface area contributed by atoms with Crippen LogP contribution >= 0.6 is 0 Å². The van der Waals surface area contributed by atoms with Crippen LogP contribution in [0.1, 0.15) is 20.8 Å².